The van der Waals surface area contributed by atoms with Gasteiger partial charge in [0.2, 0.25) is 3.79 Å². The average Bonchev–Trinajstić information content (AvgIpc) is 2.73. The smallest absolute Gasteiger partial charge is 0.258 e. The third-order valence-corrected chi connectivity index (χ3v) is 6.15. The number of hydrogen-bond donors (Lipinski definition) is 0. The molecule has 0 heterocycles. The van der Waals surface area contributed by atoms with Crippen molar-refractivity contribution in [2.75, 3.05) is 0 Å². The Morgan fingerprint density at radius 3 is 2.04 bits per heavy atom. The molecule has 1 saturated carbocycles. The minimum atomic E-state index is -3.97. The van der Waals surface area contributed by atoms with Crippen molar-refractivity contribution < 1.29 is 12.6 Å². The zero-order valence-electron chi connectivity index (χ0n) is 13.0. The van der Waals surface area contributed by atoms with E-state index in [0.29, 0.717) is 0 Å². The minimum Gasteiger partial charge on any atom is -0.258 e. The van der Waals surface area contributed by atoms with Crippen LogP contribution in [0.2, 0.25) is 0 Å². The zero-order chi connectivity index (χ0) is 17.1. The highest BCUT2D eigenvalue weighted by Crippen LogP contribution is 2.42. The summed E-state index contributed by atoms with van der Waals surface area (Å²) >= 11 is 18.1. The number of benzene rings is 1. The summed E-state index contributed by atoms with van der Waals surface area (Å²) in [5, 5.41) is 0. The molecule has 0 N–H and O–H groups in total. The van der Waals surface area contributed by atoms with Gasteiger partial charge in [-0.15, -0.1) is 0 Å². The van der Waals surface area contributed by atoms with Gasteiger partial charge in [0.15, 0.2) is 0 Å². The van der Waals surface area contributed by atoms with Crippen LogP contribution in [0, 0.1) is 12.8 Å². The van der Waals surface area contributed by atoms with Crippen molar-refractivity contribution >= 4 is 44.9 Å². The van der Waals surface area contributed by atoms with Crippen molar-refractivity contribution in [3.05, 3.63) is 29.8 Å². The normalized spacial score (nSPS) is 19.3. The Kier molecular flexibility index (Phi) is 6.66. The van der Waals surface area contributed by atoms with E-state index in [1.807, 2.05) is 6.92 Å². The van der Waals surface area contributed by atoms with Gasteiger partial charge >= 0.3 is 0 Å². The molecule has 23 heavy (non-hydrogen) atoms. The van der Waals surface area contributed by atoms with Crippen molar-refractivity contribution in [3.8, 4) is 0 Å². The molecule has 0 radical (unpaired) electrons. The number of halogens is 3. The molecular weight excluding hydrogens is 379 g/mol. The molecule has 1 aliphatic carbocycles. The molecule has 0 spiro atoms. The molecular formula is C16H21Cl3O3S. The lowest BCUT2D eigenvalue weighted by atomic mass is 9.95. The van der Waals surface area contributed by atoms with Crippen molar-refractivity contribution in [3.63, 3.8) is 0 Å². The second-order valence-corrected chi connectivity index (χ2v) is 10.0. The SMILES string of the molecule is Cc1ccc(S(=O)(=O)OC(C2CCCCCC2)C(Cl)(Cl)Cl)cc1. The maximum absolute atomic E-state index is 12.5. The Hall–Kier alpha value is -0.000000000000000167. The van der Waals surface area contributed by atoms with E-state index in [0.717, 1.165) is 44.1 Å². The Labute approximate surface area is 153 Å². The molecule has 2 rings (SSSR count). The van der Waals surface area contributed by atoms with E-state index in [1.165, 1.54) is 12.1 Å². The number of aryl methyl sites for hydroxylation is 1. The fourth-order valence-electron chi connectivity index (χ4n) is 2.91. The van der Waals surface area contributed by atoms with E-state index < -0.39 is 20.0 Å². The molecule has 0 amide bonds. The van der Waals surface area contributed by atoms with Gasteiger partial charge in [0.1, 0.15) is 6.10 Å². The summed E-state index contributed by atoms with van der Waals surface area (Å²) in [6.07, 6.45) is 4.87. The zero-order valence-corrected chi connectivity index (χ0v) is 16.1. The molecule has 1 fully saturated rings. The predicted octanol–water partition coefficient (Wildman–Crippen LogP) is 5.41. The Balaban J connectivity index is 2.24. The lowest BCUT2D eigenvalue weighted by Crippen LogP contribution is -2.38. The van der Waals surface area contributed by atoms with Crippen LogP contribution in [0.1, 0.15) is 44.1 Å². The topological polar surface area (TPSA) is 43.4 Å². The molecule has 1 unspecified atom stereocenters. The maximum atomic E-state index is 12.5. The van der Waals surface area contributed by atoms with E-state index in [9.17, 15) is 8.42 Å². The van der Waals surface area contributed by atoms with Crippen LogP contribution in [0.5, 0.6) is 0 Å². The Morgan fingerprint density at radius 1 is 1.04 bits per heavy atom. The second kappa shape index (κ2) is 7.92. The van der Waals surface area contributed by atoms with Crippen molar-refractivity contribution in [2.45, 2.75) is 60.2 Å². The van der Waals surface area contributed by atoms with Crippen molar-refractivity contribution in [1.29, 1.82) is 0 Å². The summed E-state index contributed by atoms with van der Waals surface area (Å²) < 4.78 is 28.7. The first-order chi connectivity index (χ1) is 10.7. The summed E-state index contributed by atoms with van der Waals surface area (Å²) in [4.78, 5) is 0.0796. The van der Waals surface area contributed by atoms with Crippen LogP contribution in [0.25, 0.3) is 0 Å². The predicted molar refractivity (Wildman–Crippen MR) is 94.7 cm³/mol. The molecule has 7 heteroatoms. The lowest BCUT2D eigenvalue weighted by Gasteiger charge is -2.31. The molecule has 1 aromatic rings. The lowest BCUT2D eigenvalue weighted by molar-refractivity contribution is 0.133. The van der Waals surface area contributed by atoms with E-state index >= 15 is 0 Å². The van der Waals surface area contributed by atoms with Gasteiger partial charge in [-0.1, -0.05) is 78.2 Å². The van der Waals surface area contributed by atoms with Gasteiger partial charge in [-0.3, -0.25) is 4.18 Å². The third-order valence-electron chi connectivity index (χ3n) is 4.19. The first-order valence-electron chi connectivity index (χ1n) is 7.77. The average molecular weight is 400 g/mol. The summed E-state index contributed by atoms with van der Waals surface area (Å²) in [5.74, 6) is -0.0785. The molecule has 1 aromatic carbocycles. The van der Waals surface area contributed by atoms with Crippen LogP contribution in [0.15, 0.2) is 29.2 Å². The van der Waals surface area contributed by atoms with Gasteiger partial charge in [-0.05, 0) is 37.8 Å². The molecule has 0 saturated heterocycles. The van der Waals surface area contributed by atoms with E-state index in [-0.39, 0.29) is 10.8 Å². The van der Waals surface area contributed by atoms with Crippen molar-refractivity contribution in [2.24, 2.45) is 5.92 Å². The Bertz CT molecular complexity index is 600. The Morgan fingerprint density at radius 2 is 1.57 bits per heavy atom. The van der Waals surface area contributed by atoms with Gasteiger partial charge < -0.3 is 0 Å². The molecule has 130 valence electrons. The third kappa shape index (κ3) is 5.50. The van der Waals surface area contributed by atoms with Crippen LogP contribution in [0.4, 0.5) is 0 Å². The van der Waals surface area contributed by atoms with Gasteiger partial charge in [0.05, 0.1) is 4.90 Å². The second-order valence-electron chi connectivity index (χ2n) is 6.08. The number of alkyl halides is 3. The molecule has 0 aliphatic heterocycles. The van der Waals surface area contributed by atoms with Crippen LogP contribution in [0.3, 0.4) is 0 Å². The fourth-order valence-corrected chi connectivity index (χ4v) is 4.89. The van der Waals surface area contributed by atoms with Crippen LogP contribution in [-0.4, -0.2) is 18.3 Å². The maximum Gasteiger partial charge on any atom is 0.297 e. The molecule has 0 bridgehead atoms. The summed E-state index contributed by atoms with van der Waals surface area (Å²) in [5.41, 5.74) is 0.964. The first kappa shape index (κ1) is 19.3. The minimum absolute atomic E-state index is 0.0785. The summed E-state index contributed by atoms with van der Waals surface area (Å²) in [7, 11) is -3.97. The van der Waals surface area contributed by atoms with E-state index in [1.54, 1.807) is 12.1 Å². The number of rotatable bonds is 4. The highest BCUT2D eigenvalue weighted by Gasteiger charge is 2.43. The number of hydrogen-bond acceptors (Lipinski definition) is 3. The van der Waals surface area contributed by atoms with Gasteiger partial charge in [-0.2, -0.15) is 8.42 Å². The summed E-state index contributed by atoms with van der Waals surface area (Å²) in [6.45, 7) is 1.88. The van der Waals surface area contributed by atoms with E-state index in [2.05, 4.69) is 0 Å². The molecule has 0 aromatic heterocycles. The van der Waals surface area contributed by atoms with Gasteiger partial charge in [-0.25, -0.2) is 0 Å². The van der Waals surface area contributed by atoms with E-state index in [4.69, 9.17) is 39.0 Å². The van der Waals surface area contributed by atoms with Crippen molar-refractivity contribution in [1.82, 2.24) is 0 Å². The quantitative estimate of drug-likeness (QED) is 0.386. The van der Waals surface area contributed by atoms with Crippen LogP contribution >= 0.6 is 34.8 Å². The highest BCUT2D eigenvalue weighted by atomic mass is 35.6. The monoisotopic (exact) mass is 398 g/mol. The molecule has 1 atom stereocenters. The summed E-state index contributed by atoms with van der Waals surface area (Å²) in [6, 6.07) is 6.44. The standard InChI is InChI=1S/C16H21Cl3O3S/c1-12-8-10-14(11-9-12)23(20,21)22-15(16(17,18)19)13-6-4-2-3-5-7-13/h8-11,13,15H,2-7H2,1H3. The molecule has 1 aliphatic rings. The fraction of sp³-hybridized carbons (Fsp3) is 0.625. The molecule has 3 nitrogen and oxygen atoms in total. The van der Waals surface area contributed by atoms with Crippen LogP contribution < -0.4 is 0 Å². The van der Waals surface area contributed by atoms with Gasteiger partial charge in [0.25, 0.3) is 10.1 Å². The first-order valence-corrected chi connectivity index (χ1v) is 10.3. The van der Waals surface area contributed by atoms with Crippen LogP contribution in [-0.2, 0) is 14.3 Å². The highest BCUT2D eigenvalue weighted by molar-refractivity contribution is 7.86. The largest absolute Gasteiger partial charge is 0.297 e. The van der Waals surface area contributed by atoms with Gasteiger partial charge in [0, 0.05) is 0 Å².